The number of aromatic nitrogens is 1. The normalized spacial score (nSPS) is 23.3. The van der Waals surface area contributed by atoms with Crippen LogP contribution in [-0.4, -0.2) is 44.2 Å². The van der Waals surface area contributed by atoms with Crippen molar-refractivity contribution in [1.29, 1.82) is 5.26 Å². The Morgan fingerprint density at radius 2 is 2.14 bits per heavy atom. The first-order chi connectivity index (χ1) is 10.5. The molecule has 1 saturated heterocycles. The Morgan fingerprint density at radius 3 is 2.86 bits per heavy atom. The number of sulfone groups is 1. The number of pyridine rings is 1. The van der Waals surface area contributed by atoms with E-state index in [2.05, 4.69) is 16.4 Å². The second-order valence-electron chi connectivity index (χ2n) is 5.32. The Kier molecular flexibility index (Phi) is 3.72. The minimum absolute atomic E-state index is 0.0281. The quantitative estimate of drug-likeness (QED) is 0.918. The summed E-state index contributed by atoms with van der Waals surface area (Å²) in [4.78, 5) is 4.46. The van der Waals surface area contributed by atoms with Crippen LogP contribution in [-0.2, 0) is 14.6 Å². The monoisotopic (exact) mass is 317 g/mol. The van der Waals surface area contributed by atoms with Gasteiger partial charge in [0.15, 0.2) is 9.84 Å². The van der Waals surface area contributed by atoms with Gasteiger partial charge in [-0.05, 0) is 30.3 Å². The number of anilines is 1. The summed E-state index contributed by atoms with van der Waals surface area (Å²) in [6.45, 7) is 0. The highest BCUT2D eigenvalue weighted by atomic mass is 32.2. The van der Waals surface area contributed by atoms with Crippen LogP contribution in [0.2, 0.25) is 0 Å². The summed E-state index contributed by atoms with van der Waals surface area (Å²) in [7, 11) is -1.57. The van der Waals surface area contributed by atoms with Gasteiger partial charge >= 0.3 is 0 Å². The van der Waals surface area contributed by atoms with Gasteiger partial charge in [0.05, 0.1) is 40.8 Å². The number of ether oxygens (including phenoxy) is 1. The van der Waals surface area contributed by atoms with Crippen LogP contribution in [0.3, 0.4) is 0 Å². The fourth-order valence-corrected chi connectivity index (χ4v) is 4.50. The summed E-state index contributed by atoms with van der Waals surface area (Å²) >= 11 is 0. The van der Waals surface area contributed by atoms with E-state index in [0.29, 0.717) is 11.4 Å². The molecule has 1 fully saturated rings. The van der Waals surface area contributed by atoms with Gasteiger partial charge in [-0.1, -0.05) is 0 Å². The summed E-state index contributed by atoms with van der Waals surface area (Å²) in [6, 6.07) is 10.7. The molecular formula is C15H15N3O3S. The molecule has 0 radical (unpaired) electrons. The maximum Gasteiger partial charge on any atom is 0.155 e. The number of rotatable bonds is 3. The Hall–Kier alpha value is -2.17. The zero-order valence-corrected chi connectivity index (χ0v) is 12.8. The van der Waals surface area contributed by atoms with Gasteiger partial charge in [-0.3, -0.25) is 0 Å². The number of methoxy groups -OCH3 is 1. The maximum absolute atomic E-state index is 11.7. The van der Waals surface area contributed by atoms with Gasteiger partial charge in [0, 0.05) is 12.5 Å². The van der Waals surface area contributed by atoms with Crippen LogP contribution in [0.5, 0.6) is 0 Å². The van der Waals surface area contributed by atoms with Crippen molar-refractivity contribution in [2.75, 3.05) is 23.9 Å². The van der Waals surface area contributed by atoms with E-state index < -0.39 is 9.84 Å². The minimum atomic E-state index is -3.08. The third-order valence-electron chi connectivity index (χ3n) is 3.75. The van der Waals surface area contributed by atoms with Crippen molar-refractivity contribution < 1.29 is 13.2 Å². The molecule has 1 aromatic carbocycles. The molecule has 3 rings (SSSR count). The SMILES string of the molecule is COC1CS(=O)(=O)CC1Nc1ccc2cc(C#N)ccc2n1. The topological polar surface area (TPSA) is 92.1 Å². The van der Waals surface area contributed by atoms with Crippen LogP contribution >= 0.6 is 0 Å². The van der Waals surface area contributed by atoms with E-state index >= 15 is 0 Å². The Bertz CT molecular complexity index is 858. The summed E-state index contributed by atoms with van der Waals surface area (Å²) in [5.74, 6) is 0.667. The molecule has 1 aromatic heterocycles. The van der Waals surface area contributed by atoms with Gasteiger partial charge in [0.1, 0.15) is 5.82 Å². The summed E-state index contributed by atoms with van der Waals surface area (Å²) in [5.41, 5.74) is 1.33. The molecule has 1 N–H and O–H groups in total. The molecule has 0 bridgehead atoms. The fourth-order valence-electron chi connectivity index (χ4n) is 2.65. The molecular weight excluding hydrogens is 302 g/mol. The third-order valence-corrected chi connectivity index (χ3v) is 5.46. The number of nitrogens with zero attached hydrogens (tertiary/aromatic N) is 2. The second-order valence-corrected chi connectivity index (χ2v) is 7.47. The highest BCUT2D eigenvalue weighted by Crippen LogP contribution is 2.21. The Morgan fingerprint density at radius 1 is 1.32 bits per heavy atom. The van der Waals surface area contributed by atoms with E-state index in [1.54, 1.807) is 24.3 Å². The molecule has 6 nitrogen and oxygen atoms in total. The average Bonchev–Trinajstić information content (AvgIpc) is 2.80. The van der Waals surface area contributed by atoms with Crippen LogP contribution in [0.25, 0.3) is 10.9 Å². The lowest BCUT2D eigenvalue weighted by Gasteiger charge is -2.18. The molecule has 2 heterocycles. The van der Waals surface area contributed by atoms with Crippen molar-refractivity contribution in [3.8, 4) is 6.07 Å². The van der Waals surface area contributed by atoms with E-state index in [9.17, 15) is 8.42 Å². The molecule has 2 atom stereocenters. The predicted octanol–water partition coefficient (Wildman–Crippen LogP) is 1.33. The standard InChI is InChI=1S/C15H15N3O3S/c1-21-14-9-22(19,20)8-13(14)18-15-5-3-11-6-10(7-16)2-4-12(11)17-15/h2-6,13-14H,8-9H2,1H3,(H,17,18). The second kappa shape index (κ2) is 5.55. The van der Waals surface area contributed by atoms with E-state index in [4.69, 9.17) is 10.00 Å². The molecule has 0 aliphatic carbocycles. The highest BCUT2D eigenvalue weighted by Gasteiger charge is 2.37. The first-order valence-corrected chi connectivity index (χ1v) is 8.63. The molecule has 7 heteroatoms. The maximum atomic E-state index is 11.7. The van der Waals surface area contributed by atoms with E-state index in [1.807, 2.05) is 6.07 Å². The van der Waals surface area contributed by atoms with Gasteiger partial charge in [-0.2, -0.15) is 5.26 Å². The van der Waals surface area contributed by atoms with Gasteiger partial charge in [-0.25, -0.2) is 13.4 Å². The first kappa shape index (κ1) is 14.8. The van der Waals surface area contributed by atoms with Crippen LogP contribution < -0.4 is 5.32 Å². The number of benzene rings is 1. The number of hydrogen-bond donors (Lipinski definition) is 1. The van der Waals surface area contributed by atoms with Crippen molar-refractivity contribution in [2.45, 2.75) is 12.1 Å². The molecule has 2 unspecified atom stereocenters. The van der Waals surface area contributed by atoms with Gasteiger partial charge in [-0.15, -0.1) is 0 Å². The number of hydrogen-bond acceptors (Lipinski definition) is 6. The van der Waals surface area contributed by atoms with Crippen molar-refractivity contribution >= 4 is 26.6 Å². The zero-order chi connectivity index (χ0) is 15.7. The van der Waals surface area contributed by atoms with Crippen molar-refractivity contribution in [3.63, 3.8) is 0 Å². The van der Waals surface area contributed by atoms with Crippen LogP contribution in [0, 0.1) is 11.3 Å². The van der Waals surface area contributed by atoms with Crippen molar-refractivity contribution in [3.05, 3.63) is 35.9 Å². The molecule has 0 amide bonds. The van der Waals surface area contributed by atoms with Gasteiger partial charge in [0.2, 0.25) is 0 Å². The van der Waals surface area contributed by atoms with Crippen LogP contribution in [0.15, 0.2) is 30.3 Å². The van der Waals surface area contributed by atoms with Crippen LogP contribution in [0.4, 0.5) is 5.82 Å². The highest BCUT2D eigenvalue weighted by molar-refractivity contribution is 7.91. The summed E-state index contributed by atoms with van der Waals surface area (Å²) in [6.07, 6.45) is -0.372. The summed E-state index contributed by atoms with van der Waals surface area (Å²) < 4.78 is 28.7. The smallest absolute Gasteiger partial charge is 0.155 e. The summed E-state index contributed by atoms with van der Waals surface area (Å²) in [5, 5.41) is 12.9. The molecule has 2 aromatic rings. The average molecular weight is 317 g/mol. The molecule has 1 aliphatic heterocycles. The van der Waals surface area contributed by atoms with Crippen molar-refractivity contribution in [2.24, 2.45) is 0 Å². The Balaban J connectivity index is 1.87. The van der Waals surface area contributed by atoms with Crippen LogP contribution in [0.1, 0.15) is 5.56 Å². The Labute approximate surface area is 128 Å². The third kappa shape index (κ3) is 2.89. The predicted molar refractivity (Wildman–Crippen MR) is 83.3 cm³/mol. The lowest BCUT2D eigenvalue weighted by atomic mass is 10.1. The lowest BCUT2D eigenvalue weighted by Crippen LogP contribution is -2.33. The van der Waals surface area contributed by atoms with Gasteiger partial charge < -0.3 is 10.1 Å². The zero-order valence-electron chi connectivity index (χ0n) is 12.0. The fraction of sp³-hybridized carbons (Fsp3) is 0.333. The molecule has 22 heavy (non-hydrogen) atoms. The first-order valence-electron chi connectivity index (χ1n) is 6.81. The number of fused-ring (bicyclic) bond motifs is 1. The van der Waals surface area contributed by atoms with Crippen molar-refractivity contribution in [1.82, 2.24) is 4.98 Å². The van der Waals surface area contributed by atoms with E-state index in [0.717, 1.165) is 10.9 Å². The van der Waals surface area contributed by atoms with E-state index in [1.165, 1.54) is 7.11 Å². The molecule has 114 valence electrons. The minimum Gasteiger partial charge on any atom is -0.378 e. The molecule has 0 spiro atoms. The van der Waals surface area contributed by atoms with Gasteiger partial charge in [0.25, 0.3) is 0 Å². The molecule has 1 aliphatic rings. The lowest BCUT2D eigenvalue weighted by molar-refractivity contribution is 0.115. The molecule has 0 saturated carbocycles. The largest absolute Gasteiger partial charge is 0.378 e. The number of nitrogens with one attached hydrogen (secondary N) is 1. The van der Waals surface area contributed by atoms with E-state index in [-0.39, 0.29) is 23.7 Å². The number of nitriles is 1.